The van der Waals surface area contributed by atoms with Crippen LogP contribution in [0.1, 0.15) is 47.0 Å². The Morgan fingerprint density at radius 3 is 2.59 bits per heavy atom. The first-order chi connectivity index (χ1) is 10.2. The summed E-state index contributed by atoms with van der Waals surface area (Å²) >= 11 is 0. The van der Waals surface area contributed by atoms with E-state index in [0.29, 0.717) is 18.6 Å². The molecular formula is C17H26O5. The number of fused-ring (bicyclic) bond motifs is 1. The summed E-state index contributed by atoms with van der Waals surface area (Å²) in [6, 6.07) is 0. The van der Waals surface area contributed by atoms with Gasteiger partial charge in [0.15, 0.2) is 0 Å². The van der Waals surface area contributed by atoms with Crippen LogP contribution in [-0.4, -0.2) is 40.8 Å². The number of aliphatic hydroxyl groups excluding tert-OH is 2. The van der Waals surface area contributed by atoms with Crippen LogP contribution in [0, 0.1) is 17.3 Å². The Labute approximate surface area is 131 Å². The second-order valence-electron chi connectivity index (χ2n) is 7.91. The predicted molar refractivity (Wildman–Crippen MR) is 79.8 cm³/mol. The minimum Gasteiger partial charge on any atom is -0.428 e. The van der Waals surface area contributed by atoms with Crippen molar-refractivity contribution in [3.8, 4) is 0 Å². The molecule has 5 atom stereocenters. The molecule has 0 radical (unpaired) electrons. The first-order valence-electron chi connectivity index (χ1n) is 8.12. The van der Waals surface area contributed by atoms with Gasteiger partial charge in [0.25, 0.3) is 0 Å². The topological polar surface area (TPSA) is 76.0 Å². The van der Waals surface area contributed by atoms with Crippen molar-refractivity contribution in [3.63, 3.8) is 0 Å². The molecule has 5 unspecified atom stereocenters. The Balaban J connectivity index is 2.07. The number of aliphatic hydroxyl groups is 2. The first-order valence-corrected chi connectivity index (χ1v) is 8.12. The van der Waals surface area contributed by atoms with Gasteiger partial charge in [-0.25, -0.2) is 4.79 Å². The van der Waals surface area contributed by atoms with Gasteiger partial charge in [0.1, 0.15) is 0 Å². The van der Waals surface area contributed by atoms with Gasteiger partial charge in [-0.15, -0.1) is 0 Å². The molecule has 0 amide bonds. The van der Waals surface area contributed by atoms with Crippen LogP contribution in [-0.2, 0) is 14.3 Å². The number of hydrogen-bond acceptors (Lipinski definition) is 5. The molecule has 2 aliphatic carbocycles. The number of esters is 1. The molecule has 22 heavy (non-hydrogen) atoms. The molecule has 0 bridgehead atoms. The third kappa shape index (κ3) is 2.30. The van der Waals surface area contributed by atoms with Gasteiger partial charge in [-0.2, -0.15) is 0 Å². The maximum atomic E-state index is 12.1. The number of carbonyl (C=O) groups is 1. The summed E-state index contributed by atoms with van der Waals surface area (Å²) in [7, 11) is 0. The van der Waals surface area contributed by atoms with Crippen molar-refractivity contribution >= 4 is 5.97 Å². The van der Waals surface area contributed by atoms with Gasteiger partial charge in [-0.1, -0.05) is 13.8 Å². The third-order valence-corrected chi connectivity index (χ3v) is 5.66. The summed E-state index contributed by atoms with van der Waals surface area (Å²) in [5, 5.41) is 20.9. The molecule has 0 aromatic carbocycles. The van der Waals surface area contributed by atoms with E-state index in [2.05, 4.69) is 13.8 Å². The summed E-state index contributed by atoms with van der Waals surface area (Å²) in [5.74, 6) is -0.473. The molecule has 0 aromatic heterocycles. The number of cyclic esters (lactones) is 1. The lowest BCUT2D eigenvalue weighted by atomic mass is 9.77. The number of rotatable bonds is 2. The average Bonchev–Trinajstić information content (AvgIpc) is 2.84. The van der Waals surface area contributed by atoms with Gasteiger partial charge in [0, 0.05) is 18.6 Å². The van der Waals surface area contributed by atoms with Crippen LogP contribution >= 0.6 is 0 Å². The van der Waals surface area contributed by atoms with Crippen molar-refractivity contribution in [1.82, 2.24) is 0 Å². The van der Waals surface area contributed by atoms with E-state index in [0.717, 1.165) is 12.8 Å². The Hall–Kier alpha value is -0.910. The molecule has 3 rings (SSSR count). The second kappa shape index (κ2) is 5.05. The molecule has 0 aromatic rings. The molecule has 0 spiro atoms. The lowest BCUT2D eigenvalue weighted by Gasteiger charge is -2.39. The van der Waals surface area contributed by atoms with E-state index < -0.39 is 24.0 Å². The molecule has 1 heterocycles. The van der Waals surface area contributed by atoms with Crippen LogP contribution in [0.15, 0.2) is 11.1 Å². The zero-order chi connectivity index (χ0) is 16.3. The smallest absolute Gasteiger partial charge is 0.339 e. The highest BCUT2D eigenvalue weighted by Crippen LogP contribution is 2.56. The normalized spacial score (nSPS) is 43.6. The summed E-state index contributed by atoms with van der Waals surface area (Å²) in [4.78, 5) is 12.1. The van der Waals surface area contributed by atoms with Crippen LogP contribution in [0.4, 0.5) is 0 Å². The first kappa shape index (κ1) is 16.0. The molecular weight excluding hydrogens is 284 g/mol. The molecule has 124 valence electrons. The zero-order valence-corrected chi connectivity index (χ0v) is 13.8. The van der Waals surface area contributed by atoms with Gasteiger partial charge < -0.3 is 19.7 Å². The number of hydrogen-bond donors (Lipinski definition) is 2. The van der Waals surface area contributed by atoms with Crippen molar-refractivity contribution in [2.24, 2.45) is 17.3 Å². The van der Waals surface area contributed by atoms with Gasteiger partial charge in [-0.3, -0.25) is 0 Å². The molecule has 1 fully saturated rings. The largest absolute Gasteiger partial charge is 0.428 e. The second-order valence-corrected chi connectivity index (χ2v) is 7.91. The van der Waals surface area contributed by atoms with Crippen LogP contribution in [0.5, 0.6) is 0 Å². The monoisotopic (exact) mass is 310 g/mol. The average molecular weight is 310 g/mol. The summed E-state index contributed by atoms with van der Waals surface area (Å²) < 4.78 is 11.0. The van der Waals surface area contributed by atoms with Crippen molar-refractivity contribution in [3.05, 3.63) is 11.1 Å². The van der Waals surface area contributed by atoms with Crippen LogP contribution in [0.25, 0.3) is 0 Å². The highest BCUT2D eigenvalue weighted by molar-refractivity contribution is 5.93. The van der Waals surface area contributed by atoms with E-state index in [-0.39, 0.29) is 22.8 Å². The van der Waals surface area contributed by atoms with E-state index in [1.165, 1.54) is 0 Å². The predicted octanol–water partition coefficient (Wildman–Crippen LogP) is 1.77. The van der Waals surface area contributed by atoms with Gasteiger partial charge >= 0.3 is 5.97 Å². The van der Waals surface area contributed by atoms with Gasteiger partial charge in [-0.05, 0) is 43.9 Å². The quantitative estimate of drug-likeness (QED) is 0.760. The maximum absolute atomic E-state index is 12.1. The van der Waals surface area contributed by atoms with Gasteiger partial charge in [0.05, 0.1) is 17.3 Å². The fraction of sp³-hybridized carbons (Fsp3) is 0.824. The van der Waals surface area contributed by atoms with Crippen LogP contribution < -0.4 is 0 Å². The molecule has 2 N–H and O–H groups in total. The van der Waals surface area contributed by atoms with E-state index in [1.807, 2.05) is 13.8 Å². The number of carbonyl (C=O) groups excluding carboxylic acids is 1. The molecule has 5 heteroatoms. The fourth-order valence-electron chi connectivity index (χ4n) is 4.82. The van der Waals surface area contributed by atoms with Crippen LogP contribution in [0.2, 0.25) is 0 Å². The van der Waals surface area contributed by atoms with Crippen molar-refractivity contribution in [1.29, 1.82) is 0 Å². The van der Waals surface area contributed by atoms with E-state index in [4.69, 9.17) is 9.47 Å². The Kier molecular flexibility index (Phi) is 3.66. The molecule has 3 aliphatic rings. The van der Waals surface area contributed by atoms with Crippen molar-refractivity contribution in [2.75, 3.05) is 6.61 Å². The minimum absolute atomic E-state index is 0.0445. The third-order valence-electron chi connectivity index (χ3n) is 5.66. The fourth-order valence-corrected chi connectivity index (χ4v) is 4.82. The summed E-state index contributed by atoms with van der Waals surface area (Å²) in [6.45, 7) is 8.93. The van der Waals surface area contributed by atoms with E-state index >= 15 is 0 Å². The van der Waals surface area contributed by atoms with Crippen LogP contribution in [0.3, 0.4) is 0 Å². The number of ether oxygens (including phenoxy) is 2. The molecule has 0 saturated heterocycles. The zero-order valence-electron chi connectivity index (χ0n) is 13.8. The Bertz CT molecular complexity index is 523. The highest BCUT2D eigenvalue weighted by Gasteiger charge is 2.57. The summed E-state index contributed by atoms with van der Waals surface area (Å²) in [6.07, 6.45) is 0.0770. The Morgan fingerprint density at radius 2 is 1.95 bits per heavy atom. The SMILES string of the molecule is CCOC1(C)CC2=C(C(=O)OC2O)C(O)C2CC(C)(C)CC21. The minimum atomic E-state index is -1.25. The Morgan fingerprint density at radius 1 is 1.27 bits per heavy atom. The molecule has 5 nitrogen and oxygen atoms in total. The van der Waals surface area contributed by atoms with E-state index in [9.17, 15) is 15.0 Å². The maximum Gasteiger partial charge on any atom is 0.339 e. The van der Waals surface area contributed by atoms with Gasteiger partial charge in [0.2, 0.25) is 6.29 Å². The summed E-state index contributed by atoms with van der Waals surface area (Å²) in [5.41, 5.74) is 0.373. The highest BCUT2D eigenvalue weighted by atomic mass is 16.6. The molecule has 1 saturated carbocycles. The molecule has 1 aliphatic heterocycles. The van der Waals surface area contributed by atoms with Crippen molar-refractivity contribution < 1.29 is 24.5 Å². The standard InChI is InChI=1S/C17H26O5/c1-5-21-17(4)7-10-12(15(20)22-14(10)19)13(18)9-6-16(2,3)8-11(9)17/h9,11,13-14,18-19H,5-8H2,1-4H3. The lowest BCUT2D eigenvalue weighted by Crippen LogP contribution is -2.42. The van der Waals surface area contributed by atoms with Crippen molar-refractivity contribution in [2.45, 2.75) is 65.0 Å². The lowest BCUT2D eigenvalue weighted by molar-refractivity contribution is -0.155. The van der Waals surface area contributed by atoms with E-state index in [1.54, 1.807) is 0 Å².